The molecular formula is C14H22N6S2. The lowest BCUT2D eigenvalue weighted by atomic mass is 10.2. The Labute approximate surface area is 140 Å². The number of anilines is 2. The third kappa shape index (κ3) is 3.67. The van der Waals surface area contributed by atoms with Gasteiger partial charge in [0.2, 0.25) is 0 Å². The summed E-state index contributed by atoms with van der Waals surface area (Å²) < 4.78 is 0.584. The number of nitrogens with zero attached hydrogens (tertiary/aromatic N) is 4. The van der Waals surface area contributed by atoms with Gasteiger partial charge in [-0.2, -0.15) is 0 Å². The summed E-state index contributed by atoms with van der Waals surface area (Å²) in [5, 5.41) is 11.2. The van der Waals surface area contributed by atoms with Crippen LogP contribution in [0.3, 0.4) is 0 Å². The van der Waals surface area contributed by atoms with Gasteiger partial charge in [0.25, 0.3) is 0 Å². The molecule has 0 aromatic carbocycles. The zero-order valence-electron chi connectivity index (χ0n) is 12.8. The summed E-state index contributed by atoms with van der Waals surface area (Å²) in [6, 6.07) is 0. The molecule has 1 aromatic rings. The molecule has 2 fully saturated rings. The number of piperazine rings is 1. The van der Waals surface area contributed by atoms with E-state index in [0.29, 0.717) is 4.58 Å². The highest BCUT2D eigenvalue weighted by atomic mass is 32.2. The molecule has 6 nitrogen and oxygen atoms in total. The molecule has 2 aliphatic heterocycles. The van der Waals surface area contributed by atoms with Crippen molar-refractivity contribution in [1.29, 1.82) is 5.41 Å². The van der Waals surface area contributed by atoms with Crippen LogP contribution in [0.15, 0.2) is 6.33 Å². The van der Waals surface area contributed by atoms with Gasteiger partial charge in [-0.3, -0.25) is 0 Å². The van der Waals surface area contributed by atoms with Crippen molar-refractivity contribution < 1.29 is 0 Å². The highest BCUT2D eigenvalue weighted by Crippen LogP contribution is 2.32. The topological polar surface area (TPSA) is 68.1 Å². The van der Waals surface area contributed by atoms with Crippen LogP contribution >= 0.6 is 23.5 Å². The zero-order chi connectivity index (χ0) is 15.4. The van der Waals surface area contributed by atoms with E-state index in [0.717, 1.165) is 49.9 Å². The predicted molar refractivity (Wildman–Crippen MR) is 96.8 cm³/mol. The Bertz CT molecular complexity index is 512. The Morgan fingerprint density at radius 1 is 1.27 bits per heavy atom. The molecule has 0 unspecified atom stereocenters. The van der Waals surface area contributed by atoms with Crippen LogP contribution in [0.1, 0.15) is 5.56 Å². The lowest BCUT2D eigenvalue weighted by molar-refractivity contribution is 0.312. The van der Waals surface area contributed by atoms with Crippen molar-refractivity contribution in [2.24, 2.45) is 0 Å². The molecular weight excluding hydrogens is 316 g/mol. The minimum Gasteiger partial charge on any atom is -0.367 e. The zero-order valence-corrected chi connectivity index (χ0v) is 14.4. The van der Waals surface area contributed by atoms with Crippen LogP contribution in [-0.2, 0) is 0 Å². The standard InChI is InChI=1S/C14H22N6S2/c1-19-2-4-20(5-3-19)14-11(8-15)13(17-10-18-14)16-9-12-21-6-7-22-12/h8,10,12,15H,2-7,9H2,1H3,(H,16,17,18). The van der Waals surface area contributed by atoms with E-state index in [9.17, 15) is 0 Å². The summed E-state index contributed by atoms with van der Waals surface area (Å²) >= 11 is 3.98. The van der Waals surface area contributed by atoms with E-state index in [1.54, 1.807) is 6.33 Å². The molecule has 22 heavy (non-hydrogen) atoms. The molecule has 120 valence electrons. The average molecular weight is 339 g/mol. The van der Waals surface area contributed by atoms with E-state index >= 15 is 0 Å². The second kappa shape index (κ2) is 7.52. The lowest BCUT2D eigenvalue weighted by Crippen LogP contribution is -2.45. The van der Waals surface area contributed by atoms with E-state index in [4.69, 9.17) is 5.41 Å². The van der Waals surface area contributed by atoms with Crippen LogP contribution in [0.2, 0.25) is 0 Å². The van der Waals surface area contributed by atoms with Gasteiger partial charge in [0.1, 0.15) is 18.0 Å². The minimum absolute atomic E-state index is 0.584. The van der Waals surface area contributed by atoms with E-state index in [1.165, 1.54) is 17.7 Å². The molecule has 8 heteroatoms. The molecule has 0 saturated carbocycles. The Morgan fingerprint density at radius 2 is 2.00 bits per heavy atom. The van der Waals surface area contributed by atoms with Crippen molar-refractivity contribution >= 4 is 41.4 Å². The normalized spacial score (nSPS) is 20.3. The fourth-order valence-electron chi connectivity index (χ4n) is 2.64. The first-order valence-corrected chi connectivity index (χ1v) is 9.63. The van der Waals surface area contributed by atoms with E-state index in [-0.39, 0.29) is 0 Å². The molecule has 0 atom stereocenters. The van der Waals surface area contributed by atoms with Crippen LogP contribution in [0.5, 0.6) is 0 Å². The highest BCUT2D eigenvalue weighted by molar-refractivity contribution is 8.20. The first-order chi connectivity index (χ1) is 10.8. The van der Waals surface area contributed by atoms with Gasteiger partial charge < -0.3 is 20.5 Å². The Morgan fingerprint density at radius 3 is 2.68 bits per heavy atom. The number of thioether (sulfide) groups is 2. The van der Waals surface area contributed by atoms with Crippen LogP contribution in [0.4, 0.5) is 11.6 Å². The molecule has 2 N–H and O–H groups in total. The molecule has 1 aromatic heterocycles. The van der Waals surface area contributed by atoms with Crippen molar-refractivity contribution in [2.75, 3.05) is 61.5 Å². The fourth-order valence-corrected chi connectivity index (χ4v) is 5.30. The van der Waals surface area contributed by atoms with E-state index in [2.05, 4.69) is 32.1 Å². The number of nitrogens with one attached hydrogen (secondary N) is 2. The largest absolute Gasteiger partial charge is 0.367 e. The Balaban J connectivity index is 1.73. The summed E-state index contributed by atoms with van der Waals surface area (Å²) in [4.78, 5) is 13.4. The van der Waals surface area contributed by atoms with Gasteiger partial charge in [0.05, 0.1) is 10.1 Å². The van der Waals surface area contributed by atoms with Gasteiger partial charge >= 0.3 is 0 Å². The summed E-state index contributed by atoms with van der Waals surface area (Å²) in [5.74, 6) is 4.12. The smallest absolute Gasteiger partial charge is 0.143 e. The third-order valence-corrected chi connectivity index (χ3v) is 6.97. The molecule has 0 radical (unpaired) electrons. The molecule has 2 saturated heterocycles. The summed E-state index contributed by atoms with van der Waals surface area (Å²) in [7, 11) is 2.14. The average Bonchev–Trinajstić information content (AvgIpc) is 3.06. The van der Waals surface area contributed by atoms with Gasteiger partial charge in [-0.15, -0.1) is 23.5 Å². The second-order valence-electron chi connectivity index (χ2n) is 5.45. The molecule has 3 heterocycles. The molecule has 0 spiro atoms. The van der Waals surface area contributed by atoms with Crippen LogP contribution < -0.4 is 10.2 Å². The quantitative estimate of drug-likeness (QED) is 0.788. The van der Waals surface area contributed by atoms with Crippen LogP contribution in [0, 0.1) is 5.41 Å². The summed E-state index contributed by atoms with van der Waals surface area (Å²) in [5.41, 5.74) is 0.806. The summed E-state index contributed by atoms with van der Waals surface area (Å²) in [6.45, 7) is 4.83. The van der Waals surface area contributed by atoms with Crippen molar-refractivity contribution in [3.05, 3.63) is 11.9 Å². The van der Waals surface area contributed by atoms with Crippen LogP contribution in [0.25, 0.3) is 0 Å². The number of hydrogen-bond donors (Lipinski definition) is 2. The maximum Gasteiger partial charge on any atom is 0.143 e. The fraction of sp³-hybridized carbons (Fsp3) is 0.643. The summed E-state index contributed by atoms with van der Waals surface area (Å²) in [6.07, 6.45) is 2.99. The highest BCUT2D eigenvalue weighted by Gasteiger charge is 2.21. The molecule has 0 amide bonds. The Kier molecular flexibility index (Phi) is 5.43. The van der Waals surface area contributed by atoms with E-state index < -0.39 is 0 Å². The van der Waals surface area contributed by atoms with Gasteiger partial charge in [0, 0.05) is 50.4 Å². The SMILES string of the molecule is CN1CCN(c2ncnc(NCC3SCCS3)c2C=N)CC1. The predicted octanol–water partition coefficient (Wildman–Crippen LogP) is 1.44. The van der Waals surface area contributed by atoms with Crippen LogP contribution in [-0.4, -0.2) is 76.9 Å². The maximum absolute atomic E-state index is 7.78. The van der Waals surface area contributed by atoms with Gasteiger partial charge in [-0.25, -0.2) is 9.97 Å². The maximum atomic E-state index is 7.78. The molecule has 3 rings (SSSR count). The lowest BCUT2D eigenvalue weighted by Gasteiger charge is -2.34. The van der Waals surface area contributed by atoms with E-state index in [1.807, 2.05) is 23.5 Å². The van der Waals surface area contributed by atoms with Gasteiger partial charge in [0.15, 0.2) is 0 Å². The number of likely N-dealkylation sites (N-methyl/N-ethyl adjacent to an activating group) is 1. The molecule has 0 bridgehead atoms. The van der Waals surface area contributed by atoms with Crippen molar-refractivity contribution in [1.82, 2.24) is 14.9 Å². The monoisotopic (exact) mass is 338 g/mol. The van der Waals surface area contributed by atoms with Crippen molar-refractivity contribution in [3.63, 3.8) is 0 Å². The first kappa shape index (κ1) is 15.9. The molecule has 0 aliphatic carbocycles. The van der Waals surface area contributed by atoms with Gasteiger partial charge in [-0.1, -0.05) is 0 Å². The van der Waals surface area contributed by atoms with Crippen molar-refractivity contribution in [3.8, 4) is 0 Å². The second-order valence-corrected chi connectivity index (χ2v) is 8.37. The number of aromatic nitrogens is 2. The first-order valence-electron chi connectivity index (χ1n) is 7.54. The minimum atomic E-state index is 0.584. The van der Waals surface area contributed by atoms with Crippen molar-refractivity contribution in [2.45, 2.75) is 4.58 Å². The van der Waals surface area contributed by atoms with Gasteiger partial charge in [-0.05, 0) is 7.05 Å². The number of hydrogen-bond acceptors (Lipinski definition) is 8. The molecule has 2 aliphatic rings. The number of rotatable bonds is 5. The Hall–Kier alpha value is -0.990. The third-order valence-electron chi connectivity index (χ3n) is 3.94.